The molecule has 1 saturated carbocycles. The van der Waals surface area contributed by atoms with Gasteiger partial charge in [-0.1, -0.05) is 0 Å². The second kappa shape index (κ2) is 6.40. The zero-order valence-electron chi connectivity index (χ0n) is 10.6. The fourth-order valence-electron chi connectivity index (χ4n) is 2.08. The van der Waals surface area contributed by atoms with E-state index in [2.05, 4.69) is 5.48 Å². The van der Waals surface area contributed by atoms with Gasteiger partial charge in [-0.25, -0.2) is 5.48 Å². The van der Waals surface area contributed by atoms with Crippen LogP contribution in [0.4, 0.5) is 0 Å². The Hall–Kier alpha value is -1.55. The van der Waals surface area contributed by atoms with Gasteiger partial charge in [-0.3, -0.25) is 9.63 Å². The van der Waals surface area contributed by atoms with Crippen molar-refractivity contribution in [1.82, 2.24) is 5.48 Å². The Morgan fingerprint density at radius 2 is 1.94 bits per heavy atom. The predicted molar refractivity (Wildman–Crippen MR) is 68.4 cm³/mol. The number of benzene rings is 1. The average Bonchev–Trinajstić information content (AvgIpc) is 2.89. The minimum atomic E-state index is -0.232. The van der Waals surface area contributed by atoms with Crippen LogP contribution in [0.1, 0.15) is 43.0 Å². The highest BCUT2D eigenvalue weighted by Gasteiger charge is 2.16. The van der Waals surface area contributed by atoms with Crippen molar-refractivity contribution in [2.75, 3.05) is 6.61 Å². The third kappa shape index (κ3) is 3.47. The minimum absolute atomic E-state index is 0.232. The summed E-state index contributed by atoms with van der Waals surface area (Å²) in [6, 6.07) is 7.16. The van der Waals surface area contributed by atoms with Crippen molar-refractivity contribution in [2.24, 2.45) is 0 Å². The first kappa shape index (κ1) is 12.9. The van der Waals surface area contributed by atoms with Gasteiger partial charge in [-0.05, 0) is 56.9 Å². The van der Waals surface area contributed by atoms with Crippen LogP contribution < -0.4 is 10.2 Å². The van der Waals surface area contributed by atoms with Crippen LogP contribution in [0, 0.1) is 0 Å². The Balaban J connectivity index is 1.90. The minimum Gasteiger partial charge on any atom is -0.490 e. The Kier molecular flexibility index (Phi) is 4.59. The first-order chi connectivity index (χ1) is 8.79. The lowest BCUT2D eigenvalue weighted by Crippen LogP contribution is -2.23. The van der Waals surface area contributed by atoms with Crippen LogP contribution in [0.2, 0.25) is 0 Å². The molecule has 0 spiro atoms. The molecule has 0 radical (unpaired) electrons. The topological polar surface area (TPSA) is 47.6 Å². The van der Waals surface area contributed by atoms with Crippen molar-refractivity contribution in [2.45, 2.75) is 38.7 Å². The van der Waals surface area contributed by atoms with Crippen molar-refractivity contribution in [3.05, 3.63) is 29.8 Å². The summed E-state index contributed by atoms with van der Waals surface area (Å²) >= 11 is 0. The number of hydroxylamine groups is 1. The van der Waals surface area contributed by atoms with Crippen molar-refractivity contribution in [3.8, 4) is 5.75 Å². The molecule has 18 heavy (non-hydrogen) atoms. The molecular formula is C14H19NO3. The molecule has 0 saturated heterocycles. The van der Waals surface area contributed by atoms with E-state index in [0.717, 1.165) is 18.6 Å². The summed E-state index contributed by atoms with van der Waals surface area (Å²) in [4.78, 5) is 16.4. The lowest BCUT2D eigenvalue weighted by atomic mass is 10.2. The van der Waals surface area contributed by atoms with E-state index in [0.29, 0.717) is 18.3 Å². The fraction of sp³-hybridized carbons (Fsp3) is 0.500. The molecule has 98 valence electrons. The van der Waals surface area contributed by atoms with Crippen LogP contribution in [0.25, 0.3) is 0 Å². The van der Waals surface area contributed by atoms with Gasteiger partial charge in [0.05, 0.1) is 12.7 Å². The van der Waals surface area contributed by atoms with Crippen LogP contribution in [-0.2, 0) is 4.84 Å². The monoisotopic (exact) mass is 249 g/mol. The second-order valence-electron chi connectivity index (χ2n) is 4.41. The van der Waals surface area contributed by atoms with Crippen molar-refractivity contribution < 1.29 is 14.4 Å². The van der Waals surface area contributed by atoms with Crippen LogP contribution in [0.15, 0.2) is 24.3 Å². The van der Waals surface area contributed by atoms with E-state index in [1.54, 1.807) is 12.1 Å². The molecule has 0 aromatic heterocycles. The molecule has 1 aromatic carbocycles. The van der Waals surface area contributed by atoms with Crippen molar-refractivity contribution >= 4 is 5.91 Å². The zero-order valence-corrected chi connectivity index (χ0v) is 10.6. The van der Waals surface area contributed by atoms with Crippen molar-refractivity contribution in [1.29, 1.82) is 0 Å². The first-order valence-corrected chi connectivity index (χ1v) is 6.48. The molecule has 0 unspecified atom stereocenters. The number of rotatable bonds is 5. The normalized spacial score (nSPS) is 15.6. The van der Waals surface area contributed by atoms with Gasteiger partial charge in [-0.15, -0.1) is 0 Å². The molecule has 0 bridgehead atoms. The maximum absolute atomic E-state index is 11.6. The van der Waals surface area contributed by atoms with E-state index in [4.69, 9.17) is 9.57 Å². The molecule has 2 rings (SSSR count). The van der Waals surface area contributed by atoms with E-state index in [1.165, 1.54) is 12.8 Å². The largest absolute Gasteiger partial charge is 0.490 e. The molecule has 0 aliphatic heterocycles. The summed E-state index contributed by atoms with van der Waals surface area (Å²) in [5.74, 6) is 0.596. The standard InChI is InChI=1S/C14H19NO3/c1-2-17-15-14(16)11-7-9-13(10-8-11)18-12-5-3-4-6-12/h7-10,12H,2-6H2,1H3,(H,15,16). The van der Waals surface area contributed by atoms with E-state index >= 15 is 0 Å². The highest BCUT2D eigenvalue weighted by atomic mass is 16.6. The third-order valence-corrected chi connectivity index (χ3v) is 3.03. The number of ether oxygens (including phenoxy) is 1. The van der Waals surface area contributed by atoms with Gasteiger partial charge >= 0.3 is 0 Å². The SMILES string of the molecule is CCONC(=O)c1ccc(OC2CCCC2)cc1. The molecule has 1 aliphatic rings. The zero-order chi connectivity index (χ0) is 12.8. The van der Waals surface area contributed by atoms with Crippen LogP contribution >= 0.6 is 0 Å². The van der Waals surface area contributed by atoms with Crippen molar-refractivity contribution in [3.63, 3.8) is 0 Å². The Morgan fingerprint density at radius 1 is 1.28 bits per heavy atom. The van der Waals surface area contributed by atoms with Gasteiger partial charge in [0, 0.05) is 5.56 Å². The van der Waals surface area contributed by atoms with Gasteiger partial charge < -0.3 is 4.74 Å². The number of amides is 1. The van der Waals surface area contributed by atoms with Gasteiger partial charge in [-0.2, -0.15) is 0 Å². The number of hydrogen-bond donors (Lipinski definition) is 1. The number of carbonyl (C=O) groups is 1. The lowest BCUT2D eigenvalue weighted by Gasteiger charge is -2.13. The molecule has 1 amide bonds. The average molecular weight is 249 g/mol. The molecule has 0 heterocycles. The first-order valence-electron chi connectivity index (χ1n) is 6.48. The predicted octanol–water partition coefficient (Wildman–Crippen LogP) is 2.69. The maximum atomic E-state index is 11.6. The number of hydrogen-bond acceptors (Lipinski definition) is 3. The molecule has 4 heteroatoms. The van der Waals surface area contributed by atoms with Gasteiger partial charge in [0.15, 0.2) is 0 Å². The summed E-state index contributed by atoms with van der Waals surface area (Å²) < 4.78 is 5.83. The third-order valence-electron chi connectivity index (χ3n) is 3.03. The second-order valence-corrected chi connectivity index (χ2v) is 4.41. The molecule has 0 atom stereocenters. The van der Waals surface area contributed by atoms with E-state index in [9.17, 15) is 4.79 Å². The van der Waals surface area contributed by atoms with Crippen LogP contribution in [0.3, 0.4) is 0 Å². The molecule has 1 aliphatic carbocycles. The highest BCUT2D eigenvalue weighted by Crippen LogP contribution is 2.24. The maximum Gasteiger partial charge on any atom is 0.274 e. The summed E-state index contributed by atoms with van der Waals surface area (Å²) in [6.45, 7) is 2.27. The summed E-state index contributed by atoms with van der Waals surface area (Å²) in [5.41, 5.74) is 2.93. The summed E-state index contributed by atoms with van der Waals surface area (Å²) in [6.07, 6.45) is 5.10. The highest BCUT2D eigenvalue weighted by molar-refractivity contribution is 5.93. The lowest BCUT2D eigenvalue weighted by molar-refractivity contribution is 0.0364. The number of carbonyl (C=O) groups excluding carboxylic acids is 1. The van der Waals surface area contributed by atoms with Gasteiger partial charge in [0.25, 0.3) is 5.91 Å². The Labute approximate surface area is 107 Å². The van der Waals surface area contributed by atoms with E-state index < -0.39 is 0 Å². The van der Waals surface area contributed by atoms with Gasteiger partial charge in [0.1, 0.15) is 5.75 Å². The molecule has 1 N–H and O–H groups in total. The van der Waals surface area contributed by atoms with E-state index in [-0.39, 0.29) is 5.91 Å². The van der Waals surface area contributed by atoms with Crippen LogP contribution in [-0.4, -0.2) is 18.6 Å². The Bertz CT molecular complexity index is 383. The smallest absolute Gasteiger partial charge is 0.274 e. The molecular weight excluding hydrogens is 230 g/mol. The molecule has 1 aromatic rings. The molecule has 4 nitrogen and oxygen atoms in total. The summed E-state index contributed by atoms with van der Waals surface area (Å²) in [7, 11) is 0. The molecule has 1 fully saturated rings. The number of nitrogens with one attached hydrogen (secondary N) is 1. The van der Waals surface area contributed by atoms with Crippen LogP contribution in [0.5, 0.6) is 5.75 Å². The Morgan fingerprint density at radius 3 is 2.56 bits per heavy atom. The quantitative estimate of drug-likeness (QED) is 0.816. The van der Waals surface area contributed by atoms with Gasteiger partial charge in [0.2, 0.25) is 0 Å². The fourth-order valence-corrected chi connectivity index (χ4v) is 2.08. The summed E-state index contributed by atoms with van der Waals surface area (Å²) in [5, 5.41) is 0. The van der Waals surface area contributed by atoms with E-state index in [1.807, 2.05) is 19.1 Å².